The summed E-state index contributed by atoms with van der Waals surface area (Å²) in [6, 6.07) is 0.472. The van der Waals surface area contributed by atoms with Crippen LogP contribution in [0.1, 0.15) is 52.4 Å². The molecule has 1 N–H and O–H groups in total. The van der Waals surface area contributed by atoms with Crippen molar-refractivity contribution in [3.05, 3.63) is 0 Å². The SMILES string of the molecule is CC(C)C1CN(C(=O)C2CCCCC2)CCCN1. The third-order valence-corrected chi connectivity index (χ3v) is 4.50. The van der Waals surface area contributed by atoms with E-state index in [4.69, 9.17) is 0 Å². The van der Waals surface area contributed by atoms with Crippen LogP contribution < -0.4 is 5.32 Å². The minimum absolute atomic E-state index is 0.324. The molecule has 1 heterocycles. The molecule has 104 valence electrons. The van der Waals surface area contributed by atoms with Crippen LogP contribution in [0.25, 0.3) is 0 Å². The van der Waals surface area contributed by atoms with Gasteiger partial charge in [-0.3, -0.25) is 4.79 Å². The zero-order valence-electron chi connectivity index (χ0n) is 12.0. The van der Waals surface area contributed by atoms with Crippen molar-refractivity contribution in [3.63, 3.8) is 0 Å². The van der Waals surface area contributed by atoms with E-state index in [0.29, 0.717) is 23.8 Å². The van der Waals surface area contributed by atoms with Crippen molar-refractivity contribution in [2.75, 3.05) is 19.6 Å². The smallest absolute Gasteiger partial charge is 0.225 e. The van der Waals surface area contributed by atoms with Gasteiger partial charge in [0.05, 0.1) is 0 Å². The molecule has 1 unspecified atom stereocenters. The maximum Gasteiger partial charge on any atom is 0.225 e. The van der Waals surface area contributed by atoms with Gasteiger partial charge in [-0.15, -0.1) is 0 Å². The van der Waals surface area contributed by atoms with Gasteiger partial charge in [-0.2, -0.15) is 0 Å². The molecule has 0 aromatic rings. The lowest BCUT2D eigenvalue weighted by Crippen LogP contribution is -2.45. The van der Waals surface area contributed by atoms with Crippen molar-refractivity contribution >= 4 is 5.91 Å². The fourth-order valence-corrected chi connectivity index (χ4v) is 3.21. The lowest BCUT2D eigenvalue weighted by Gasteiger charge is -2.31. The van der Waals surface area contributed by atoms with Crippen LogP contribution in [0.5, 0.6) is 0 Å². The van der Waals surface area contributed by atoms with Gasteiger partial charge in [0.2, 0.25) is 5.91 Å². The highest BCUT2D eigenvalue weighted by Crippen LogP contribution is 2.26. The normalized spacial score (nSPS) is 27.3. The first kappa shape index (κ1) is 13.9. The maximum atomic E-state index is 12.6. The molecule has 1 aliphatic heterocycles. The lowest BCUT2D eigenvalue weighted by atomic mass is 9.88. The van der Waals surface area contributed by atoms with Crippen molar-refractivity contribution in [2.24, 2.45) is 11.8 Å². The molecule has 18 heavy (non-hydrogen) atoms. The molecule has 1 saturated carbocycles. The van der Waals surface area contributed by atoms with Crippen LogP contribution in [-0.4, -0.2) is 36.5 Å². The molecule has 0 bridgehead atoms. The predicted octanol–water partition coefficient (Wildman–Crippen LogP) is 2.41. The highest BCUT2D eigenvalue weighted by molar-refractivity contribution is 5.79. The van der Waals surface area contributed by atoms with Gasteiger partial charge in [0.1, 0.15) is 0 Å². The molecule has 1 saturated heterocycles. The Kier molecular flexibility index (Phi) is 5.04. The second-order valence-electron chi connectivity index (χ2n) is 6.28. The van der Waals surface area contributed by atoms with Gasteiger partial charge >= 0.3 is 0 Å². The summed E-state index contributed by atoms with van der Waals surface area (Å²) in [7, 11) is 0. The van der Waals surface area contributed by atoms with Gasteiger partial charge in [-0.05, 0) is 31.7 Å². The van der Waals surface area contributed by atoms with Crippen molar-refractivity contribution in [3.8, 4) is 0 Å². The van der Waals surface area contributed by atoms with E-state index in [0.717, 1.165) is 38.9 Å². The van der Waals surface area contributed by atoms with E-state index in [2.05, 4.69) is 24.1 Å². The molecule has 2 fully saturated rings. The number of amides is 1. The highest BCUT2D eigenvalue weighted by Gasteiger charge is 2.29. The largest absolute Gasteiger partial charge is 0.341 e. The van der Waals surface area contributed by atoms with Gasteiger partial charge in [0.15, 0.2) is 0 Å². The van der Waals surface area contributed by atoms with E-state index in [1.165, 1.54) is 19.3 Å². The Bertz CT molecular complexity index is 272. The summed E-state index contributed by atoms with van der Waals surface area (Å²) in [4.78, 5) is 14.7. The molecule has 1 atom stereocenters. The minimum Gasteiger partial charge on any atom is -0.341 e. The Morgan fingerprint density at radius 1 is 1.17 bits per heavy atom. The van der Waals surface area contributed by atoms with E-state index in [1.807, 2.05) is 0 Å². The quantitative estimate of drug-likeness (QED) is 0.818. The molecule has 3 nitrogen and oxygen atoms in total. The van der Waals surface area contributed by atoms with E-state index in [1.54, 1.807) is 0 Å². The van der Waals surface area contributed by atoms with Crippen LogP contribution in [0.2, 0.25) is 0 Å². The average Bonchev–Trinajstić information content (AvgIpc) is 2.65. The Morgan fingerprint density at radius 2 is 1.89 bits per heavy atom. The molecule has 1 aliphatic carbocycles. The molecule has 0 radical (unpaired) electrons. The van der Waals surface area contributed by atoms with E-state index in [-0.39, 0.29) is 0 Å². The number of hydrogen-bond acceptors (Lipinski definition) is 2. The summed E-state index contributed by atoms with van der Waals surface area (Å²) in [6.07, 6.45) is 7.15. The molecule has 2 rings (SSSR count). The fourth-order valence-electron chi connectivity index (χ4n) is 3.21. The Labute approximate surface area is 111 Å². The van der Waals surface area contributed by atoms with Gasteiger partial charge in [0, 0.05) is 25.0 Å². The summed E-state index contributed by atoms with van der Waals surface area (Å²) in [5.74, 6) is 1.36. The monoisotopic (exact) mass is 252 g/mol. The Balaban J connectivity index is 1.94. The topological polar surface area (TPSA) is 32.3 Å². The van der Waals surface area contributed by atoms with Crippen molar-refractivity contribution in [1.29, 1.82) is 0 Å². The van der Waals surface area contributed by atoms with Crippen LogP contribution in [0, 0.1) is 11.8 Å². The summed E-state index contributed by atoms with van der Waals surface area (Å²) in [6.45, 7) is 7.40. The molecular weight excluding hydrogens is 224 g/mol. The lowest BCUT2D eigenvalue weighted by molar-refractivity contribution is -0.136. The van der Waals surface area contributed by atoms with Gasteiger partial charge < -0.3 is 10.2 Å². The number of nitrogens with one attached hydrogen (secondary N) is 1. The zero-order valence-corrected chi connectivity index (χ0v) is 12.0. The molecule has 1 amide bonds. The maximum absolute atomic E-state index is 12.6. The standard InChI is InChI=1S/C15H28N2O/c1-12(2)14-11-17(10-6-9-16-14)15(18)13-7-4-3-5-8-13/h12-14,16H,3-11H2,1-2H3. The number of nitrogens with zero attached hydrogens (tertiary/aromatic N) is 1. The van der Waals surface area contributed by atoms with Crippen molar-refractivity contribution in [2.45, 2.75) is 58.4 Å². The van der Waals surface area contributed by atoms with E-state index in [9.17, 15) is 4.79 Å². The second-order valence-corrected chi connectivity index (χ2v) is 6.28. The Morgan fingerprint density at radius 3 is 2.56 bits per heavy atom. The number of carbonyl (C=O) groups excluding carboxylic acids is 1. The molecule has 3 heteroatoms. The summed E-state index contributed by atoms with van der Waals surface area (Å²) in [5, 5.41) is 3.57. The molecular formula is C15H28N2O. The minimum atomic E-state index is 0.324. The highest BCUT2D eigenvalue weighted by atomic mass is 16.2. The zero-order chi connectivity index (χ0) is 13.0. The second kappa shape index (κ2) is 6.55. The first-order chi connectivity index (χ1) is 8.68. The number of hydrogen-bond donors (Lipinski definition) is 1. The van der Waals surface area contributed by atoms with Crippen LogP contribution in [0.15, 0.2) is 0 Å². The molecule has 0 aromatic heterocycles. The van der Waals surface area contributed by atoms with Crippen molar-refractivity contribution < 1.29 is 4.79 Å². The van der Waals surface area contributed by atoms with Gasteiger partial charge in [0.25, 0.3) is 0 Å². The molecule has 0 spiro atoms. The van der Waals surface area contributed by atoms with E-state index < -0.39 is 0 Å². The Hall–Kier alpha value is -0.570. The van der Waals surface area contributed by atoms with Crippen LogP contribution >= 0.6 is 0 Å². The summed E-state index contributed by atoms with van der Waals surface area (Å²) >= 11 is 0. The fraction of sp³-hybridized carbons (Fsp3) is 0.933. The summed E-state index contributed by atoms with van der Waals surface area (Å²) < 4.78 is 0. The van der Waals surface area contributed by atoms with Crippen LogP contribution in [0.4, 0.5) is 0 Å². The van der Waals surface area contributed by atoms with Crippen molar-refractivity contribution in [1.82, 2.24) is 10.2 Å². The number of rotatable bonds is 2. The first-order valence-corrected chi connectivity index (χ1v) is 7.70. The molecule has 2 aliphatic rings. The van der Waals surface area contributed by atoms with Gasteiger partial charge in [-0.25, -0.2) is 0 Å². The van der Waals surface area contributed by atoms with Crippen LogP contribution in [0.3, 0.4) is 0 Å². The summed E-state index contributed by atoms with van der Waals surface area (Å²) in [5.41, 5.74) is 0. The third kappa shape index (κ3) is 3.47. The molecule has 0 aromatic carbocycles. The first-order valence-electron chi connectivity index (χ1n) is 7.70. The third-order valence-electron chi connectivity index (χ3n) is 4.50. The van der Waals surface area contributed by atoms with Crippen LogP contribution in [-0.2, 0) is 4.79 Å². The predicted molar refractivity (Wildman–Crippen MR) is 74.4 cm³/mol. The number of carbonyl (C=O) groups is 1. The van der Waals surface area contributed by atoms with E-state index >= 15 is 0 Å². The average molecular weight is 252 g/mol. The van der Waals surface area contributed by atoms with Gasteiger partial charge in [-0.1, -0.05) is 33.1 Å².